The van der Waals surface area contributed by atoms with Crippen LogP contribution in [-0.4, -0.2) is 20.8 Å². The van der Waals surface area contributed by atoms with Crippen LogP contribution in [-0.2, 0) is 17.8 Å². The number of hydrogen-bond donors (Lipinski definition) is 0. The topological polar surface area (TPSA) is 74.1 Å². The monoisotopic (exact) mass is 412 g/mol. The lowest BCUT2D eigenvalue weighted by molar-refractivity contribution is -0.739. The molecule has 0 saturated heterocycles. The maximum Gasteiger partial charge on any atom is 0.304 e. The molecule has 5 rings (SSSR count). The van der Waals surface area contributed by atoms with Crippen LogP contribution in [0.3, 0.4) is 0 Å². The first-order chi connectivity index (χ1) is 13.4. The normalized spacial score (nSPS) is 19.1. The fourth-order valence-corrected chi connectivity index (χ4v) is 4.71. The van der Waals surface area contributed by atoms with Crippen LogP contribution in [0, 0.1) is 30.9 Å². The molecule has 1 aromatic heterocycles. The predicted molar refractivity (Wildman–Crippen MR) is 101 cm³/mol. The molecule has 2 aliphatic rings. The Balaban J connectivity index is 0.00000205. The number of non-ortho nitro benzene ring substituents is 1. The van der Waals surface area contributed by atoms with E-state index >= 15 is 0 Å². The number of aromatic nitrogens is 3. The molecular weight excluding hydrogens is 392 g/mol. The third-order valence-corrected chi connectivity index (χ3v) is 5.78. The zero-order valence-electron chi connectivity index (χ0n) is 16.4. The van der Waals surface area contributed by atoms with Crippen molar-refractivity contribution in [1.29, 1.82) is 0 Å². The molecule has 0 bridgehead atoms. The zero-order valence-corrected chi connectivity index (χ0v) is 17.2. The average molecular weight is 413 g/mol. The van der Waals surface area contributed by atoms with Crippen molar-refractivity contribution in [3.63, 3.8) is 0 Å². The fourth-order valence-electron chi connectivity index (χ4n) is 4.71. The van der Waals surface area contributed by atoms with E-state index in [1.165, 1.54) is 5.56 Å². The first-order valence-corrected chi connectivity index (χ1v) is 9.39. The second-order valence-electron chi connectivity index (χ2n) is 7.77. The Bertz CT molecular complexity index is 1120. The number of nitrogens with zero attached hydrogens (tertiary/aromatic N) is 4. The summed E-state index contributed by atoms with van der Waals surface area (Å²) in [5, 5.41) is 16.0. The molecule has 0 amide bonds. The highest BCUT2D eigenvalue weighted by Gasteiger charge is 2.44. The number of hydrogen-bond acceptors (Lipinski definition) is 4. The van der Waals surface area contributed by atoms with Crippen LogP contribution in [0.2, 0.25) is 0 Å². The summed E-state index contributed by atoms with van der Waals surface area (Å²) in [6.45, 7) is 6.71. The average Bonchev–Trinajstić information content (AvgIpc) is 3.20. The van der Waals surface area contributed by atoms with Gasteiger partial charge in [-0.15, -0.1) is 0 Å². The standard InChI is InChI=1S/C21H21N4O3.ClH/c1-12-6-13(2)20(14(3)7-12)24-11-23-19(22-24)10-28-18-8-15-4-5-16(25(26)27)9-17(15)21(18)23;/h4-7,9,11,18,21H,8,10H2,1-3H3;1H/q+1;/p-1/t18-,21+;/m1./s1. The largest absolute Gasteiger partial charge is 1.00 e. The number of ether oxygens (including phenoxy) is 1. The SMILES string of the molecule is Cc1cc(C)c(-n2c[n+]3c(n2)CO[C@@H]2Cc4ccc([N+](=O)[O-])cc4[C@@H]23)c(C)c1.[Cl-]. The highest BCUT2D eigenvalue weighted by Crippen LogP contribution is 2.37. The molecule has 0 radical (unpaired) electrons. The van der Waals surface area contributed by atoms with E-state index in [4.69, 9.17) is 9.84 Å². The summed E-state index contributed by atoms with van der Waals surface area (Å²) in [5.41, 5.74) is 6.81. The minimum atomic E-state index is -0.342. The number of fused-ring (bicyclic) bond motifs is 5. The Morgan fingerprint density at radius 2 is 1.93 bits per heavy atom. The van der Waals surface area contributed by atoms with Gasteiger partial charge in [0.25, 0.3) is 5.69 Å². The zero-order chi connectivity index (χ0) is 19.6. The molecule has 1 aliphatic heterocycles. The molecule has 1 aliphatic carbocycles. The van der Waals surface area contributed by atoms with E-state index in [-0.39, 0.29) is 35.2 Å². The Hall–Kier alpha value is -2.77. The van der Waals surface area contributed by atoms with Crippen molar-refractivity contribution in [2.24, 2.45) is 0 Å². The second-order valence-corrected chi connectivity index (χ2v) is 7.77. The lowest BCUT2D eigenvalue weighted by atomic mass is 10.1. The van der Waals surface area contributed by atoms with Gasteiger partial charge in [0.2, 0.25) is 6.33 Å². The second kappa shape index (κ2) is 6.93. The molecule has 0 saturated carbocycles. The summed E-state index contributed by atoms with van der Waals surface area (Å²) in [7, 11) is 0. The van der Waals surface area contributed by atoms with E-state index in [0.717, 1.165) is 40.2 Å². The fraction of sp³-hybridized carbons (Fsp3) is 0.333. The number of nitro groups is 1. The summed E-state index contributed by atoms with van der Waals surface area (Å²) in [5.74, 6) is 0.833. The van der Waals surface area contributed by atoms with Gasteiger partial charge in [-0.3, -0.25) is 10.1 Å². The summed E-state index contributed by atoms with van der Waals surface area (Å²) in [6.07, 6.45) is 2.75. The summed E-state index contributed by atoms with van der Waals surface area (Å²) < 4.78 is 10.1. The van der Waals surface area contributed by atoms with Gasteiger partial charge in [0, 0.05) is 29.2 Å². The van der Waals surface area contributed by atoms with Crippen LogP contribution in [0.25, 0.3) is 5.69 Å². The maximum absolute atomic E-state index is 11.2. The molecule has 2 heterocycles. The van der Waals surface area contributed by atoms with Gasteiger partial charge in [0.1, 0.15) is 24.4 Å². The minimum absolute atomic E-state index is 0. The predicted octanol–water partition coefficient (Wildman–Crippen LogP) is 0.0416. The van der Waals surface area contributed by atoms with E-state index in [0.29, 0.717) is 6.61 Å². The molecule has 7 nitrogen and oxygen atoms in total. The van der Waals surface area contributed by atoms with Gasteiger partial charge in [-0.2, -0.15) is 0 Å². The third kappa shape index (κ3) is 3.01. The molecule has 0 N–H and O–H groups in total. The highest BCUT2D eigenvalue weighted by atomic mass is 35.5. The van der Waals surface area contributed by atoms with Crippen molar-refractivity contribution in [3.05, 3.63) is 80.4 Å². The molecule has 8 heteroatoms. The number of rotatable bonds is 2. The van der Waals surface area contributed by atoms with Crippen LogP contribution in [0.5, 0.6) is 0 Å². The molecular formula is C21H21ClN4O3. The van der Waals surface area contributed by atoms with Crippen LogP contribution >= 0.6 is 0 Å². The van der Waals surface area contributed by atoms with E-state index in [9.17, 15) is 10.1 Å². The van der Waals surface area contributed by atoms with Gasteiger partial charge in [-0.05, 0) is 37.5 Å². The smallest absolute Gasteiger partial charge is 0.304 e. The van der Waals surface area contributed by atoms with Crippen LogP contribution in [0.4, 0.5) is 5.69 Å². The van der Waals surface area contributed by atoms with Gasteiger partial charge in [0.05, 0.1) is 4.92 Å². The lowest BCUT2D eigenvalue weighted by Gasteiger charge is -2.23. The highest BCUT2D eigenvalue weighted by molar-refractivity contribution is 5.48. The van der Waals surface area contributed by atoms with Gasteiger partial charge < -0.3 is 17.1 Å². The first-order valence-electron chi connectivity index (χ1n) is 9.39. The molecule has 2 aromatic carbocycles. The van der Waals surface area contributed by atoms with Crippen molar-refractivity contribution in [1.82, 2.24) is 9.78 Å². The number of aryl methyl sites for hydroxylation is 3. The first kappa shape index (κ1) is 19.5. The number of nitro benzene ring substituents is 1. The lowest BCUT2D eigenvalue weighted by Crippen LogP contribution is -3.00. The van der Waals surface area contributed by atoms with Gasteiger partial charge in [0.15, 0.2) is 0 Å². The summed E-state index contributed by atoms with van der Waals surface area (Å²) >= 11 is 0. The van der Waals surface area contributed by atoms with Crippen molar-refractivity contribution in [2.75, 3.05) is 0 Å². The minimum Gasteiger partial charge on any atom is -1.00 e. The van der Waals surface area contributed by atoms with Crippen LogP contribution in [0.1, 0.15) is 39.7 Å². The van der Waals surface area contributed by atoms with E-state index in [2.05, 4.69) is 37.5 Å². The molecule has 3 aromatic rings. The van der Waals surface area contributed by atoms with Crippen molar-refractivity contribution >= 4 is 5.69 Å². The molecule has 150 valence electrons. The summed E-state index contributed by atoms with van der Waals surface area (Å²) in [6, 6.07) is 9.34. The third-order valence-electron chi connectivity index (χ3n) is 5.78. The van der Waals surface area contributed by atoms with Crippen LogP contribution in [0.15, 0.2) is 36.7 Å². The van der Waals surface area contributed by atoms with Crippen molar-refractivity contribution < 1.29 is 26.6 Å². The summed E-state index contributed by atoms with van der Waals surface area (Å²) in [4.78, 5) is 10.9. The van der Waals surface area contributed by atoms with E-state index < -0.39 is 0 Å². The maximum atomic E-state index is 11.2. The quantitative estimate of drug-likeness (QED) is 0.338. The van der Waals surface area contributed by atoms with Gasteiger partial charge in [-0.25, -0.2) is 4.57 Å². The number of halogens is 1. The van der Waals surface area contributed by atoms with E-state index in [1.807, 2.05) is 17.1 Å². The molecule has 0 fully saturated rings. The Kier molecular flexibility index (Phi) is 4.67. The van der Waals surface area contributed by atoms with E-state index in [1.54, 1.807) is 12.1 Å². The van der Waals surface area contributed by atoms with Gasteiger partial charge in [-0.1, -0.05) is 28.4 Å². The molecule has 0 spiro atoms. The molecule has 29 heavy (non-hydrogen) atoms. The van der Waals surface area contributed by atoms with Crippen molar-refractivity contribution in [2.45, 2.75) is 45.9 Å². The van der Waals surface area contributed by atoms with Gasteiger partial charge >= 0.3 is 5.82 Å². The van der Waals surface area contributed by atoms with Crippen LogP contribution < -0.4 is 17.0 Å². The Morgan fingerprint density at radius 1 is 1.21 bits per heavy atom. The van der Waals surface area contributed by atoms with Crippen molar-refractivity contribution in [3.8, 4) is 5.69 Å². The molecule has 2 atom stereocenters. The number of benzene rings is 2. The Morgan fingerprint density at radius 3 is 2.62 bits per heavy atom. The Labute approximate surface area is 174 Å². The molecule has 0 unspecified atom stereocenters.